The number of rotatable bonds is 6. The summed E-state index contributed by atoms with van der Waals surface area (Å²) in [5, 5.41) is 2.73. The average molecular weight is 489 g/mol. The lowest BCUT2D eigenvalue weighted by Crippen LogP contribution is -2.40. The molecule has 1 fully saturated rings. The highest BCUT2D eigenvalue weighted by atomic mass is 32.2. The number of hydrogen-bond acceptors (Lipinski definition) is 6. The minimum Gasteiger partial charge on any atom is -0.449 e. The Kier molecular flexibility index (Phi) is 7.80. The maximum Gasteiger partial charge on any atom is 0.338 e. The van der Waals surface area contributed by atoms with Crippen LogP contribution in [-0.4, -0.2) is 57.0 Å². The first-order valence-corrected chi connectivity index (χ1v) is 12.6. The molecule has 0 radical (unpaired) electrons. The lowest BCUT2D eigenvalue weighted by Gasteiger charge is -2.26. The van der Waals surface area contributed by atoms with Crippen molar-refractivity contribution in [2.75, 3.05) is 31.6 Å². The first-order valence-electron chi connectivity index (χ1n) is 11.2. The van der Waals surface area contributed by atoms with E-state index in [2.05, 4.69) is 26.1 Å². The smallest absolute Gasteiger partial charge is 0.338 e. The van der Waals surface area contributed by atoms with Crippen LogP contribution in [0.5, 0.6) is 0 Å². The molecule has 0 saturated carbocycles. The molecule has 184 valence electrons. The van der Waals surface area contributed by atoms with Crippen molar-refractivity contribution in [1.82, 2.24) is 4.31 Å². The first-order chi connectivity index (χ1) is 15.9. The molecule has 9 heteroatoms. The molecular weight excluding hydrogens is 456 g/mol. The summed E-state index contributed by atoms with van der Waals surface area (Å²) >= 11 is 0. The van der Waals surface area contributed by atoms with E-state index in [0.29, 0.717) is 24.5 Å². The summed E-state index contributed by atoms with van der Waals surface area (Å²) in [7, 11) is -3.78. The molecule has 0 bridgehead atoms. The van der Waals surface area contributed by atoms with E-state index in [1.54, 1.807) is 25.1 Å². The average Bonchev–Trinajstić information content (AvgIpc) is 2.79. The van der Waals surface area contributed by atoms with Gasteiger partial charge in [-0.3, -0.25) is 4.79 Å². The van der Waals surface area contributed by atoms with E-state index in [0.717, 1.165) is 5.56 Å². The number of ether oxygens (including phenoxy) is 2. The Balaban J connectivity index is 1.69. The van der Waals surface area contributed by atoms with E-state index in [-0.39, 0.29) is 29.0 Å². The Labute approximate surface area is 201 Å². The summed E-state index contributed by atoms with van der Waals surface area (Å²) in [4.78, 5) is 25.3. The number of amides is 1. The molecule has 0 aromatic heterocycles. The summed E-state index contributed by atoms with van der Waals surface area (Å²) in [5.41, 5.74) is 2.30. The fourth-order valence-corrected chi connectivity index (χ4v) is 5.17. The van der Waals surface area contributed by atoms with E-state index in [1.165, 1.54) is 23.4 Å². The van der Waals surface area contributed by atoms with Crippen molar-refractivity contribution in [3.05, 3.63) is 59.2 Å². The fourth-order valence-electron chi connectivity index (χ4n) is 3.51. The molecule has 0 aliphatic carbocycles. The monoisotopic (exact) mass is 488 g/mol. The van der Waals surface area contributed by atoms with Crippen LogP contribution < -0.4 is 5.32 Å². The van der Waals surface area contributed by atoms with Crippen LogP contribution in [0.3, 0.4) is 0 Å². The number of anilines is 1. The van der Waals surface area contributed by atoms with Crippen LogP contribution in [0.4, 0.5) is 5.69 Å². The molecule has 8 nitrogen and oxygen atoms in total. The third kappa shape index (κ3) is 6.02. The van der Waals surface area contributed by atoms with E-state index in [1.807, 2.05) is 12.1 Å². The molecule has 1 saturated heterocycles. The molecule has 3 rings (SSSR count). The van der Waals surface area contributed by atoms with Crippen molar-refractivity contribution < 1.29 is 27.5 Å². The Morgan fingerprint density at radius 1 is 1.06 bits per heavy atom. The van der Waals surface area contributed by atoms with Gasteiger partial charge in [0.05, 0.1) is 23.7 Å². The van der Waals surface area contributed by atoms with E-state index in [4.69, 9.17) is 9.47 Å². The molecule has 1 aliphatic rings. The Hall–Kier alpha value is -2.75. The number of benzene rings is 2. The van der Waals surface area contributed by atoms with E-state index in [9.17, 15) is 18.0 Å². The number of esters is 1. The van der Waals surface area contributed by atoms with E-state index < -0.39 is 28.0 Å². The second kappa shape index (κ2) is 10.2. The fraction of sp³-hybridized carbons (Fsp3) is 0.440. The van der Waals surface area contributed by atoms with Gasteiger partial charge in [-0.15, -0.1) is 0 Å². The SMILES string of the molecule is Cc1ccc(C(=O)OC(C)C(=O)Nc2ccc(C(C)(C)C)cc2)cc1S(=O)(=O)N1CCOCC1. The molecular formula is C25H32N2O6S. The third-order valence-electron chi connectivity index (χ3n) is 5.68. The third-order valence-corrected chi connectivity index (χ3v) is 7.72. The molecule has 34 heavy (non-hydrogen) atoms. The maximum absolute atomic E-state index is 13.1. The molecule has 0 spiro atoms. The van der Waals surface area contributed by atoms with Gasteiger partial charge >= 0.3 is 5.97 Å². The van der Waals surface area contributed by atoms with Gasteiger partial charge < -0.3 is 14.8 Å². The van der Waals surface area contributed by atoms with Crippen LogP contribution in [0.1, 0.15) is 49.2 Å². The summed E-state index contributed by atoms with van der Waals surface area (Å²) in [6, 6.07) is 11.8. The first kappa shape index (κ1) is 25.9. The molecule has 2 aromatic rings. The maximum atomic E-state index is 13.1. The summed E-state index contributed by atoms with van der Waals surface area (Å²) in [5.74, 6) is -1.26. The Morgan fingerprint density at radius 3 is 2.26 bits per heavy atom. The zero-order valence-corrected chi connectivity index (χ0v) is 21.1. The number of nitrogens with zero attached hydrogens (tertiary/aromatic N) is 1. The number of morpholine rings is 1. The van der Waals surface area contributed by atoms with Crippen molar-refractivity contribution >= 4 is 27.6 Å². The number of aryl methyl sites for hydroxylation is 1. The van der Waals surface area contributed by atoms with Crippen LogP contribution >= 0.6 is 0 Å². The van der Waals surface area contributed by atoms with Gasteiger partial charge in [0.15, 0.2) is 6.10 Å². The Morgan fingerprint density at radius 2 is 1.68 bits per heavy atom. The van der Waals surface area contributed by atoms with Gasteiger partial charge in [0.2, 0.25) is 10.0 Å². The molecule has 1 amide bonds. The highest BCUT2D eigenvalue weighted by Crippen LogP contribution is 2.24. The van der Waals surface area contributed by atoms with Crippen LogP contribution in [0.25, 0.3) is 0 Å². The van der Waals surface area contributed by atoms with Gasteiger partial charge in [-0.2, -0.15) is 4.31 Å². The number of hydrogen-bond donors (Lipinski definition) is 1. The minimum atomic E-state index is -3.78. The lowest BCUT2D eigenvalue weighted by atomic mass is 9.87. The van der Waals surface area contributed by atoms with Gasteiger partial charge in [0.1, 0.15) is 0 Å². The lowest BCUT2D eigenvalue weighted by molar-refractivity contribution is -0.123. The van der Waals surface area contributed by atoms with Crippen LogP contribution in [-0.2, 0) is 29.7 Å². The predicted octanol–water partition coefficient (Wildman–Crippen LogP) is 3.50. The standard InChI is InChI=1S/C25H32N2O6S/c1-17-6-7-19(16-22(17)34(30,31)27-12-14-32-15-13-27)24(29)33-18(2)23(28)26-21-10-8-20(9-11-21)25(3,4)5/h6-11,16,18H,12-15H2,1-5H3,(H,26,28). The summed E-state index contributed by atoms with van der Waals surface area (Å²) in [6.07, 6.45) is -1.07. The molecule has 1 atom stereocenters. The highest BCUT2D eigenvalue weighted by Gasteiger charge is 2.29. The molecule has 2 aromatic carbocycles. The molecule has 1 unspecified atom stereocenters. The Bertz CT molecular complexity index is 1150. The van der Waals surface area contributed by atoms with Gasteiger partial charge in [-0.25, -0.2) is 13.2 Å². The number of carbonyl (C=O) groups is 2. The van der Waals surface area contributed by atoms with Crippen molar-refractivity contribution in [1.29, 1.82) is 0 Å². The molecule has 1 N–H and O–H groups in total. The van der Waals surface area contributed by atoms with Gasteiger partial charge in [-0.05, 0) is 54.7 Å². The quantitative estimate of drug-likeness (QED) is 0.625. The van der Waals surface area contributed by atoms with Crippen LogP contribution in [0, 0.1) is 6.92 Å². The normalized spacial score (nSPS) is 16.0. The zero-order chi connectivity index (χ0) is 25.1. The number of nitrogens with one attached hydrogen (secondary N) is 1. The summed E-state index contributed by atoms with van der Waals surface area (Å²) in [6.45, 7) is 10.6. The second-order valence-corrected chi connectivity index (χ2v) is 11.3. The van der Waals surface area contributed by atoms with Crippen LogP contribution in [0.15, 0.2) is 47.4 Å². The van der Waals surface area contributed by atoms with Crippen molar-refractivity contribution in [2.45, 2.75) is 51.0 Å². The van der Waals surface area contributed by atoms with Crippen molar-refractivity contribution in [2.24, 2.45) is 0 Å². The second-order valence-electron chi connectivity index (χ2n) is 9.36. The van der Waals surface area contributed by atoms with Gasteiger partial charge in [0, 0.05) is 18.8 Å². The minimum absolute atomic E-state index is 0.00644. The number of sulfonamides is 1. The largest absolute Gasteiger partial charge is 0.449 e. The molecule has 1 aliphatic heterocycles. The van der Waals surface area contributed by atoms with Crippen LogP contribution in [0.2, 0.25) is 0 Å². The van der Waals surface area contributed by atoms with E-state index >= 15 is 0 Å². The summed E-state index contributed by atoms with van der Waals surface area (Å²) < 4.78 is 38.0. The number of carbonyl (C=O) groups excluding carboxylic acids is 2. The van der Waals surface area contributed by atoms with Crippen molar-refractivity contribution in [3.63, 3.8) is 0 Å². The molecule has 1 heterocycles. The van der Waals surface area contributed by atoms with Gasteiger partial charge in [-0.1, -0.05) is 39.0 Å². The highest BCUT2D eigenvalue weighted by molar-refractivity contribution is 7.89. The van der Waals surface area contributed by atoms with Gasteiger partial charge in [0.25, 0.3) is 5.91 Å². The predicted molar refractivity (Wildman–Crippen MR) is 129 cm³/mol. The zero-order valence-electron chi connectivity index (χ0n) is 20.3. The van der Waals surface area contributed by atoms with Crippen molar-refractivity contribution in [3.8, 4) is 0 Å². The topological polar surface area (TPSA) is 102 Å².